The van der Waals surface area contributed by atoms with Gasteiger partial charge in [-0.3, -0.25) is 9.88 Å². The lowest BCUT2D eigenvalue weighted by Gasteiger charge is -2.38. The average Bonchev–Trinajstić information content (AvgIpc) is 3.21. The highest BCUT2D eigenvalue weighted by molar-refractivity contribution is 7.22. The molecule has 0 bridgehead atoms. The Labute approximate surface area is 176 Å². The number of fused-ring (bicyclic) bond motifs is 1. The van der Waals surface area contributed by atoms with Gasteiger partial charge in [0.05, 0.1) is 15.9 Å². The van der Waals surface area contributed by atoms with Gasteiger partial charge < -0.3 is 10.2 Å². The fourth-order valence-electron chi connectivity index (χ4n) is 4.59. The molecule has 0 aliphatic carbocycles. The molecular formula is C23H29N5S. The van der Waals surface area contributed by atoms with Gasteiger partial charge >= 0.3 is 0 Å². The smallest absolute Gasteiger partial charge is 0.186 e. The fraction of sp³-hybridized carbons (Fsp3) is 0.478. The molecule has 0 unspecified atom stereocenters. The monoisotopic (exact) mass is 407 g/mol. The summed E-state index contributed by atoms with van der Waals surface area (Å²) in [6.07, 6.45) is 6.86. The normalized spacial score (nSPS) is 21.7. The molecule has 6 heteroatoms. The first-order chi connectivity index (χ1) is 14.3. The molecule has 0 saturated carbocycles. The Morgan fingerprint density at radius 2 is 1.83 bits per heavy atom. The van der Waals surface area contributed by atoms with Crippen molar-refractivity contribution in [2.75, 3.05) is 31.1 Å². The Kier molecular flexibility index (Phi) is 5.74. The highest BCUT2D eigenvalue weighted by Gasteiger charge is 2.26. The van der Waals surface area contributed by atoms with E-state index in [2.05, 4.69) is 56.5 Å². The summed E-state index contributed by atoms with van der Waals surface area (Å²) in [7, 11) is 0. The van der Waals surface area contributed by atoms with Crippen LogP contribution in [0.2, 0.25) is 0 Å². The summed E-state index contributed by atoms with van der Waals surface area (Å²) in [5.41, 5.74) is 2.31. The number of hydrogen-bond donors (Lipinski definition) is 1. The van der Waals surface area contributed by atoms with Gasteiger partial charge in [0.15, 0.2) is 5.13 Å². The van der Waals surface area contributed by atoms with E-state index in [0.717, 1.165) is 38.2 Å². The molecule has 0 radical (unpaired) electrons. The number of likely N-dealkylation sites (tertiary alicyclic amines) is 1. The zero-order valence-corrected chi connectivity index (χ0v) is 17.7. The molecule has 1 N–H and O–H groups in total. The Balaban J connectivity index is 1.13. The standard InChI is InChI=1S/C23H29N5S/c1-2-9-22-21(8-1)26-23(29-22)28-13-5-7-20(17-28)25-18-10-14-27(15-11-18)16-19-6-3-4-12-24-19/h1-4,6,8-9,12,18,20,25H,5,7,10-11,13-17H2/t20-/m0/s1. The Hall–Kier alpha value is -2.02. The van der Waals surface area contributed by atoms with Crippen LogP contribution in [0.3, 0.4) is 0 Å². The van der Waals surface area contributed by atoms with Crippen LogP contribution in [0.15, 0.2) is 48.7 Å². The van der Waals surface area contributed by atoms with Crippen LogP contribution in [0.25, 0.3) is 10.2 Å². The highest BCUT2D eigenvalue weighted by atomic mass is 32.1. The molecule has 4 heterocycles. The van der Waals surface area contributed by atoms with Gasteiger partial charge in [0.1, 0.15) is 0 Å². The van der Waals surface area contributed by atoms with Crippen molar-refractivity contribution in [2.45, 2.75) is 44.3 Å². The lowest BCUT2D eigenvalue weighted by atomic mass is 10.00. The van der Waals surface area contributed by atoms with Crippen LogP contribution in [0, 0.1) is 0 Å². The van der Waals surface area contributed by atoms with Crippen molar-refractivity contribution in [1.29, 1.82) is 0 Å². The second kappa shape index (κ2) is 8.78. The van der Waals surface area contributed by atoms with E-state index >= 15 is 0 Å². The second-order valence-corrected chi connectivity index (χ2v) is 9.30. The average molecular weight is 408 g/mol. The molecular weight excluding hydrogens is 378 g/mol. The predicted molar refractivity (Wildman–Crippen MR) is 121 cm³/mol. The van der Waals surface area contributed by atoms with Crippen LogP contribution >= 0.6 is 11.3 Å². The third-order valence-electron chi connectivity index (χ3n) is 6.15. The van der Waals surface area contributed by atoms with Gasteiger partial charge in [0, 0.05) is 51.0 Å². The van der Waals surface area contributed by atoms with E-state index < -0.39 is 0 Å². The third-order valence-corrected chi connectivity index (χ3v) is 7.24. The fourth-order valence-corrected chi connectivity index (χ4v) is 5.59. The predicted octanol–water partition coefficient (Wildman–Crippen LogP) is 3.91. The second-order valence-electron chi connectivity index (χ2n) is 8.29. The molecule has 0 amide bonds. The number of thiazole rings is 1. The van der Waals surface area contributed by atoms with E-state index in [1.54, 1.807) is 0 Å². The van der Waals surface area contributed by atoms with Crippen LogP contribution in [-0.2, 0) is 6.54 Å². The molecule has 1 aromatic carbocycles. The van der Waals surface area contributed by atoms with Gasteiger partial charge in [0.25, 0.3) is 0 Å². The van der Waals surface area contributed by atoms with E-state index in [1.807, 2.05) is 23.6 Å². The van der Waals surface area contributed by atoms with Gasteiger partial charge in [-0.15, -0.1) is 0 Å². The number of hydrogen-bond acceptors (Lipinski definition) is 6. The number of aromatic nitrogens is 2. The van der Waals surface area contributed by atoms with Gasteiger partial charge in [-0.1, -0.05) is 29.5 Å². The molecule has 5 nitrogen and oxygen atoms in total. The maximum atomic E-state index is 4.87. The Morgan fingerprint density at radius 3 is 2.66 bits per heavy atom. The Bertz CT molecular complexity index is 886. The largest absolute Gasteiger partial charge is 0.347 e. The zero-order chi connectivity index (χ0) is 19.5. The summed E-state index contributed by atoms with van der Waals surface area (Å²) in [6.45, 7) is 5.49. The van der Waals surface area contributed by atoms with E-state index in [4.69, 9.17) is 4.98 Å². The Morgan fingerprint density at radius 1 is 0.966 bits per heavy atom. The van der Waals surface area contributed by atoms with Crippen LogP contribution in [0.5, 0.6) is 0 Å². The highest BCUT2D eigenvalue weighted by Crippen LogP contribution is 2.30. The van der Waals surface area contributed by atoms with Crippen LogP contribution in [0.1, 0.15) is 31.4 Å². The number of rotatable bonds is 5. The molecule has 2 aliphatic rings. The molecule has 2 fully saturated rings. The summed E-state index contributed by atoms with van der Waals surface area (Å²) in [4.78, 5) is 14.4. The minimum absolute atomic E-state index is 0.572. The van der Waals surface area contributed by atoms with E-state index in [1.165, 1.54) is 41.2 Å². The van der Waals surface area contributed by atoms with Crippen molar-refractivity contribution in [3.05, 3.63) is 54.4 Å². The first-order valence-corrected chi connectivity index (χ1v) is 11.6. The number of pyridine rings is 1. The SMILES string of the molecule is c1ccc(CN2CCC(N[C@H]3CCCN(c4nc5ccccc5s4)C3)CC2)nc1. The summed E-state index contributed by atoms with van der Waals surface area (Å²) in [6, 6.07) is 15.9. The van der Waals surface area contributed by atoms with Crippen LogP contribution in [-0.4, -0.2) is 53.1 Å². The van der Waals surface area contributed by atoms with Crippen molar-refractivity contribution >= 4 is 26.7 Å². The molecule has 0 spiro atoms. The molecule has 29 heavy (non-hydrogen) atoms. The number of para-hydroxylation sites is 1. The maximum absolute atomic E-state index is 4.87. The quantitative estimate of drug-likeness (QED) is 0.695. The first-order valence-electron chi connectivity index (χ1n) is 10.8. The minimum atomic E-state index is 0.572. The van der Waals surface area contributed by atoms with Gasteiger partial charge in [-0.25, -0.2) is 4.98 Å². The van der Waals surface area contributed by atoms with Gasteiger partial charge in [-0.2, -0.15) is 0 Å². The molecule has 2 aromatic heterocycles. The molecule has 3 aromatic rings. The third kappa shape index (κ3) is 4.60. The number of nitrogens with zero attached hydrogens (tertiary/aromatic N) is 4. The molecule has 2 saturated heterocycles. The zero-order valence-electron chi connectivity index (χ0n) is 16.8. The molecule has 5 rings (SSSR count). The minimum Gasteiger partial charge on any atom is -0.347 e. The number of nitrogens with one attached hydrogen (secondary N) is 1. The van der Waals surface area contributed by atoms with Crippen molar-refractivity contribution < 1.29 is 0 Å². The summed E-state index contributed by atoms with van der Waals surface area (Å²) < 4.78 is 1.29. The van der Waals surface area contributed by atoms with E-state index in [9.17, 15) is 0 Å². The lowest BCUT2D eigenvalue weighted by Crippen LogP contribution is -2.52. The van der Waals surface area contributed by atoms with E-state index in [0.29, 0.717) is 12.1 Å². The molecule has 152 valence electrons. The van der Waals surface area contributed by atoms with Crippen molar-refractivity contribution in [2.24, 2.45) is 0 Å². The van der Waals surface area contributed by atoms with Crippen LogP contribution < -0.4 is 10.2 Å². The van der Waals surface area contributed by atoms with Crippen molar-refractivity contribution in [1.82, 2.24) is 20.2 Å². The maximum Gasteiger partial charge on any atom is 0.186 e. The van der Waals surface area contributed by atoms with Crippen molar-refractivity contribution in [3.63, 3.8) is 0 Å². The first kappa shape index (κ1) is 19.0. The number of benzene rings is 1. The number of anilines is 1. The molecule has 2 aliphatic heterocycles. The van der Waals surface area contributed by atoms with Crippen molar-refractivity contribution in [3.8, 4) is 0 Å². The summed E-state index contributed by atoms with van der Waals surface area (Å²) in [5.74, 6) is 0. The summed E-state index contributed by atoms with van der Waals surface area (Å²) in [5, 5.41) is 5.15. The van der Waals surface area contributed by atoms with Crippen LogP contribution in [0.4, 0.5) is 5.13 Å². The lowest BCUT2D eigenvalue weighted by molar-refractivity contribution is 0.179. The number of piperidine rings is 2. The van der Waals surface area contributed by atoms with Gasteiger partial charge in [-0.05, 0) is 49.9 Å². The molecule has 1 atom stereocenters. The summed E-state index contributed by atoms with van der Waals surface area (Å²) >= 11 is 1.83. The van der Waals surface area contributed by atoms with E-state index in [-0.39, 0.29) is 0 Å². The van der Waals surface area contributed by atoms with Gasteiger partial charge in [0.2, 0.25) is 0 Å². The topological polar surface area (TPSA) is 44.3 Å².